The van der Waals surface area contributed by atoms with Crippen LogP contribution in [0.1, 0.15) is 51.6 Å². The average Bonchev–Trinajstić information content (AvgIpc) is 3.67. The van der Waals surface area contributed by atoms with Crippen molar-refractivity contribution in [2.45, 2.75) is 57.7 Å². The molecular formula is C33H40N6O7. The molecule has 3 amide bonds. The number of aromatic nitrogens is 3. The molecule has 2 bridgehead atoms. The summed E-state index contributed by atoms with van der Waals surface area (Å²) < 4.78 is 14.6. The number of nitrogens with one attached hydrogen (secondary N) is 1. The maximum absolute atomic E-state index is 13.0. The van der Waals surface area contributed by atoms with E-state index in [1.54, 1.807) is 18.0 Å². The molecule has 244 valence electrons. The van der Waals surface area contributed by atoms with Crippen molar-refractivity contribution in [1.29, 1.82) is 0 Å². The zero-order valence-corrected chi connectivity index (χ0v) is 26.6. The lowest BCUT2D eigenvalue weighted by molar-refractivity contribution is -0.135. The van der Waals surface area contributed by atoms with Crippen LogP contribution in [-0.2, 0) is 21.4 Å². The highest BCUT2D eigenvalue weighted by Gasteiger charge is 2.62. The highest BCUT2D eigenvalue weighted by Crippen LogP contribution is 2.51. The molecule has 3 aliphatic heterocycles. The number of imidazole rings is 1. The van der Waals surface area contributed by atoms with Gasteiger partial charge in [-0.2, -0.15) is 4.98 Å². The number of piperazine rings is 1. The van der Waals surface area contributed by atoms with Gasteiger partial charge < -0.3 is 19.5 Å². The van der Waals surface area contributed by atoms with Gasteiger partial charge in [0.2, 0.25) is 17.7 Å². The van der Waals surface area contributed by atoms with Crippen molar-refractivity contribution in [3.05, 3.63) is 58.5 Å². The fraction of sp³-hybridized carbons (Fsp3) is 0.485. The van der Waals surface area contributed by atoms with E-state index >= 15 is 0 Å². The van der Waals surface area contributed by atoms with Gasteiger partial charge in [0.05, 0.1) is 35.8 Å². The van der Waals surface area contributed by atoms with Crippen LogP contribution in [0.4, 0.5) is 10.6 Å². The Hall–Kier alpha value is -4.65. The second-order valence-corrected chi connectivity index (χ2v) is 13.2. The van der Waals surface area contributed by atoms with Gasteiger partial charge in [0.25, 0.3) is 0 Å². The van der Waals surface area contributed by atoms with Crippen molar-refractivity contribution >= 4 is 40.8 Å². The predicted molar refractivity (Wildman–Crippen MR) is 171 cm³/mol. The van der Waals surface area contributed by atoms with Crippen LogP contribution in [0.3, 0.4) is 0 Å². The van der Waals surface area contributed by atoms with Crippen LogP contribution in [0.5, 0.6) is 5.88 Å². The van der Waals surface area contributed by atoms with Gasteiger partial charge in [-0.25, -0.2) is 9.59 Å². The number of likely N-dealkylation sites (tertiary alicyclic amines) is 1. The molecule has 0 spiro atoms. The van der Waals surface area contributed by atoms with E-state index in [0.717, 1.165) is 17.8 Å². The van der Waals surface area contributed by atoms with E-state index in [9.17, 15) is 24.3 Å². The minimum atomic E-state index is -0.869. The number of benzene rings is 1. The maximum atomic E-state index is 13.0. The normalized spacial score (nSPS) is 23.1. The number of carbonyl (C=O) groups excluding carboxylic acids is 2. The molecule has 2 N–H and O–H groups in total. The quantitative estimate of drug-likeness (QED) is 0.268. The predicted octanol–water partition coefficient (Wildman–Crippen LogP) is 3.18. The Balaban J connectivity index is 1.01. The monoisotopic (exact) mass is 632 g/mol. The molecule has 6 rings (SSSR count). The Morgan fingerprint density at radius 1 is 1.15 bits per heavy atom. The standard InChI is InChI=1S/C33H40N6O7/c1-32(2,3)33-18-22(19-38(33)31(43)44)37(20-33)26-8-5-9-28(34-26)46-16-15-45-14-6-7-21-10-11-23-25(17-21)36(4)30(42)39(23)24-12-13-27(40)35-29(24)41/h5-11,17,22,24H,12-16,18-20H2,1-4H3,(H,43,44)(H,35,40,41)/t22-,24?,33+/m1/s1. The fourth-order valence-electron chi connectivity index (χ4n) is 7.10. The number of pyridine rings is 1. The third-order valence-corrected chi connectivity index (χ3v) is 9.62. The Morgan fingerprint density at radius 2 is 1.96 bits per heavy atom. The van der Waals surface area contributed by atoms with Gasteiger partial charge in [0.1, 0.15) is 18.5 Å². The summed E-state index contributed by atoms with van der Waals surface area (Å²) in [4.78, 5) is 57.5. The van der Waals surface area contributed by atoms with Crippen LogP contribution in [0.2, 0.25) is 0 Å². The number of amides is 3. The smallest absolute Gasteiger partial charge is 0.407 e. The van der Waals surface area contributed by atoms with Gasteiger partial charge in [-0.15, -0.1) is 0 Å². The molecular weight excluding hydrogens is 592 g/mol. The SMILES string of the molecule is Cn1c(=O)n(C2CCC(=O)NC2=O)c2ccc(C=CCOCCOc3cccc(N4C[C@]5(C(C)(C)C)C[C@@H]4CN5C(=O)O)n3)cc21. The zero-order valence-electron chi connectivity index (χ0n) is 26.6. The number of carboxylic acid groups (broad SMARTS) is 1. The third-order valence-electron chi connectivity index (χ3n) is 9.62. The van der Waals surface area contributed by atoms with Crippen molar-refractivity contribution < 1.29 is 29.0 Å². The highest BCUT2D eigenvalue weighted by molar-refractivity contribution is 6.00. The summed E-state index contributed by atoms with van der Waals surface area (Å²) in [6.45, 7) is 8.37. The molecule has 3 fully saturated rings. The van der Waals surface area contributed by atoms with Crippen molar-refractivity contribution in [2.75, 3.05) is 37.8 Å². The zero-order chi connectivity index (χ0) is 32.8. The first-order valence-corrected chi connectivity index (χ1v) is 15.6. The second-order valence-electron chi connectivity index (χ2n) is 13.2. The molecule has 0 aliphatic carbocycles. The summed E-state index contributed by atoms with van der Waals surface area (Å²) >= 11 is 0. The van der Waals surface area contributed by atoms with E-state index in [2.05, 4.69) is 31.0 Å². The lowest BCUT2D eigenvalue weighted by Gasteiger charge is -2.48. The summed E-state index contributed by atoms with van der Waals surface area (Å²) in [7, 11) is 1.67. The molecule has 1 unspecified atom stereocenters. The minimum absolute atomic E-state index is 0.0732. The number of aryl methyl sites for hydroxylation is 1. The van der Waals surface area contributed by atoms with E-state index in [0.29, 0.717) is 56.2 Å². The maximum Gasteiger partial charge on any atom is 0.407 e. The Labute approximate surface area is 266 Å². The van der Waals surface area contributed by atoms with Gasteiger partial charge >= 0.3 is 11.8 Å². The van der Waals surface area contributed by atoms with Gasteiger partial charge in [-0.05, 0) is 42.0 Å². The van der Waals surface area contributed by atoms with Crippen LogP contribution in [0, 0.1) is 5.41 Å². The molecule has 13 heteroatoms. The molecule has 13 nitrogen and oxygen atoms in total. The number of rotatable bonds is 9. The minimum Gasteiger partial charge on any atom is -0.475 e. The molecule has 3 aliphatic rings. The fourth-order valence-corrected chi connectivity index (χ4v) is 7.10. The summed E-state index contributed by atoms with van der Waals surface area (Å²) in [5.41, 5.74) is 1.21. The Morgan fingerprint density at radius 3 is 2.70 bits per heavy atom. The molecule has 0 radical (unpaired) electrons. The van der Waals surface area contributed by atoms with E-state index in [1.807, 2.05) is 42.5 Å². The molecule has 5 heterocycles. The Kier molecular flexibility index (Phi) is 8.13. The Bertz CT molecular complexity index is 1770. The van der Waals surface area contributed by atoms with Crippen LogP contribution >= 0.6 is 0 Å². The summed E-state index contributed by atoms with van der Waals surface area (Å²) in [6, 6.07) is 10.6. The first kappa shape index (κ1) is 31.3. The van der Waals surface area contributed by atoms with Gasteiger partial charge in [-0.3, -0.25) is 28.9 Å². The summed E-state index contributed by atoms with van der Waals surface area (Å²) in [5, 5.41) is 12.2. The number of carbonyl (C=O) groups is 3. The second kappa shape index (κ2) is 11.9. The van der Waals surface area contributed by atoms with Gasteiger partial charge in [0, 0.05) is 32.6 Å². The van der Waals surface area contributed by atoms with E-state index in [4.69, 9.17) is 14.5 Å². The van der Waals surface area contributed by atoms with Crippen molar-refractivity contribution in [3.8, 4) is 5.88 Å². The number of nitrogens with zero attached hydrogens (tertiary/aromatic N) is 5. The summed E-state index contributed by atoms with van der Waals surface area (Å²) in [6.07, 6.45) is 4.17. The molecule has 2 aromatic heterocycles. The summed E-state index contributed by atoms with van der Waals surface area (Å²) in [5.74, 6) is 0.491. The lowest BCUT2D eigenvalue weighted by atomic mass is 9.73. The van der Waals surface area contributed by atoms with Crippen LogP contribution in [0.15, 0.2) is 47.3 Å². The van der Waals surface area contributed by atoms with Crippen LogP contribution < -0.4 is 20.6 Å². The molecule has 0 saturated carbocycles. The average molecular weight is 633 g/mol. The highest BCUT2D eigenvalue weighted by atomic mass is 16.5. The number of piperidine rings is 1. The van der Waals surface area contributed by atoms with E-state index < -0.39 is 23.6 Å². The number of ether oxygens (including phenoxy) is 2. The first-order valence-electron chi connectivity index (χ1n) is 15.6. The van der Waals surface area contributed by atoms with Crippen molar-refractivity contribution in [3.63, 3.8) is 0 Å². The van der Waals surface area contributed by atoms with Gasteiger partial charge in [-0.1, -0.05) is 45.1 Å². The number of anilines is 1. The van der Waals surface area contributed by atoms with Gasteiger partial charge in [0.15, 0.2) is 0 Å². The number of fused-ring (bicyclic) bond motifs is 3. The van der Waals surface area contributed by atoms with E-state index in [1.165, 1.54) is 9.13 Å². The lowest BCUT2D eigenvalue weighted by Crippen LogP contribution is -2.61. The number of hydrogen-bond acceptors (Lipinski definition) is 8. The topological polar surface area (TPSA) is 148 Å². The number of hydrogen-bond donors (Lipinski definition) is 2. The molecule has 3 aromatic rings. The first-order chi connectivity index (χ1) is 21.9. The van der Waals surface area contributed by atoms with Crippen LogP contribution in [0.25, 0.3) is 17.1 Å². The molecule has 3 atom stereocenters. The van der Waals surface area contributed by atoms with Crippen molar-refractivity contribution in [1.82, 2.24) is 24.3 Å². The third kappa shape index (κ3) is 5.52. The van der Waals surface area contributed by atoms with E-state index in [-0.39, 0.29) is 29.5 Å². The molecule has 1 aromatic carbocycles. The van der Waals surface area contributed by atoms with Crippen LogP contribution in [-0.4, -0.2) is 86.5 Å². The largest absolute Gasteiger partial charge is 0.475 e. The molecule has 3 saturated heterocycles. The van der Waals surface area contributed by atoms with Crippen molar-refractivity contribution in [2.24, 2.45) is 12.5 Å². The number of imide groups is 1. The molecule has 46 heavy (non-hydrogen) atoms.